The van der Waals surface area contributed by atoms with Gasteiger partial charge in [0.05, 0.1) is 7.11 Å². The molecule has 158 valence electrons. The summed E-state index contributed by atoms with van der Waals surface area (Å²) in [5, 5.41) is 8.57. The molecule has 1 aliphatic rings. The molecule has 9 heteroatoms. The maximum Gasteiger partial charge on any atom is 0.387 e. The highest BCUT2D eigenvalue weighted by Gasteiger charge is 2.17. The van der Waals surface area contributed by atoms with Crippen LogP contribution in [0.15, 0.2) is 34.6 Å². The summed E-state index contributed by atoms with van der Waals surface area (Å²) in [5.41, 5.74) is 1.99. The Morgan fingerprint density at radius 3 is 2.93 bits per heavy atom. The standard InChI is InChI=1S/C20H26F2N4O2S/c1-23-20(24-7-9-26-8-5-18-14(13-26)6-10-29-18)25-12-15-11-16(27-2)3-4-17(15)28-19(21)22/h3-4,6,10-11,19H,5,7-9,12-13H2,1-2H3,(H2,23,24,25). The first-order valence-corrected chi connectivity index (χ1v) is 10.3. The number of nitrogens with one attached hydrogen (secondary N) is 2. The van der Waals surface area contributed by atoms with Crippen LogP contribution in [0.2, 0.25) is 0 Å². The van der Waals surface area contributed by atoms with Crippen LogP contribution in [0.1, 0.15) is 16.0 Å². The number of halogens is 2. The molecule has 6 nitrogen and oxygen atoms in total. The summed E-state index contributed by atoms with van der Waals surface area (Å²) in [5.74, 6) is 1.29. The van der Waals surface area contributed by atoms with Crippen LogP contribution in [0.5, 0.6) is 11.5 Å². The Hall–Kier alpha value is -2.39. The third kappa shape index (κ3) is 6.04. The predicted molar refractivity (Wildman–Crippen MR) is 111 cm³/mol. The average molecular weight is 425 g/mol. The number of ether oxygens (including phenoxy) is 2. The largest absolute Gasteiger partial charge is 0.497 e. The highest BCUT2D eigenvalue weighted by molar-refractivity contribution is 7.10. The van der Waals surface area contributed by atoms with Gasteiger partial charge in [-0.15, -0.1) is 11.3 Å². The van der Waals surface area contributed by atoms with Crippen LogP contribution in [0, 0.1) is 0 Å². The quantitative estimate of drug-likeness (QED) is 0.504. The van der Waals surface area contributed by atoms with Crippen LogP contribution >= 0.6 is 11.3 Å². The maximum absolute atomic E-state index is 12.6. The van der Waals surface area contributed by atoms with E-state index in [4.69, 9.17) is 4.74 Å². The molecule has 1 aromatic carbocycles. The zero-order valence-corrected chi connectivity index (χ0v) is 17.4. The zero-order chi connectivity index (χ0) is 20.6. The number of thiophene rings is 1. The number of fused-ring (bicyclic) bond motifs is 1. The average Bonchev–Trinajstić information content (AvgIpc) is 3.19. The molecule has 0 radical (unpaired) electrons. The number of guanidine groups is 1. The second-order valence-corrected chi connectivity index (χ2v) is 7.60. The first kappa shape index (κ1) is 21.3. The van der Waals surface area contributed by atoms with Gasteiger partial charge in [-0.1, -0.05) is 0 Å². The van der Waals surface area contributed by atoms with Gasteiger partial charge in [0.15, 0.2) is 5.96 Å². The number of alkyl halides is 2. The number of methoxy groups -OCH3 is 1. The summed E-state index contributed by atoms with van der Waals surface area (Å²) in [4.78, 5) is 8.11. The van der Waals surface area contributed by atoms with Crippen molar-refractivity contribution in [1.29, 1.82) is 0 Å². The number of aliphatic imine (C=N–C) groups is 1. The molecule has 0 aliphatic carbocycles. The van der Waals surface area contributed by atoms with Gasteiger partial charge in [-0.2, -0.15) is 8.78 Å². The smallest absolute Gasteiger partial charge is 0.387 e. The Morgan fingerprint density at radius 2 is 2.17 bits per heavy atom. The molecule has 2 N–H and O–H groups in total. The molecule has 0 fully saturated rings. The maximum atomic E-state index is 12.6. The van der Waals surface area contributed by atoms with Gasteiger partial charge < -0.3 is 20.1 Å². The first-order valence-electron chi connectivity index (χ1n) is 9.43. The van der Waals surface area contributed by atoms with Gasteiger partial charge in [-0.25, -0.2) is 0 Å². The van der Waals surface area contributed by atoms with E-state index in [1.165, 1.54) is 23.6 Å². The molecular weight excluding hydrogens is 398 g/mol. The van der Waals surface area contributed by atoms with E-state index in [1.807, 2.05) is 11.3 Å². The van der Waals surface area contributed by atoms with Crippen molar-refractivity contribution < 1.29 is 18.3 Å². The SMILES string of the molecule is CN=C(NCCN1CCc2sccc2C1)NCc1cc(OC)ccc1OC(F)F. The normalized spacial score (nSPS) is 14.6. The van der Waals surface area contributed by atoms with E-state index < -0.39 is 6.61 Å². The van der Waals surface area contributed by atoms with Crippen LogP contribution < -0.4 is 20.1 Å². The molecule has 0 spiro atoms. The molecule has 0 saturated carbocycles. The molecule has 29 heavy (non-hydrogen) atoms. The Bertz CT molecular complexity index is 829. The fraction of sp³-hybridized carbons (Fsp3) is 0.450. The summed E-state index contributed by atoms with van der Waals surface area (Å²) in [6, 6.07) is 6.94. The molecule has 2 heterocycles. The van der Waals surface area contributed by atoms with Crippen molar-refractivity contribution in [2.24, 2.45) is 4.99 Å². The minimum atomic E-state index is -2.88. The van der Waals surface area contributed by atoms with Gasteiger partial charge in [0.25, 0.3) is 0 Å². The van der Waals surface area contributed by atoms with Crippen LogP contribution in [0.25, 0.3) is 0 Å². The molecule has 0 atom stereocenters. The molecule has 0 unspecified atom stereocenters. The van der Waals surface area contributed by atoms with Gasteiger partial charge in [0.2, 0.25) is 0 Å². The van der Waals surface area contributed by atoms with E-state index in [-0.39, 0.29) is 12.3 Å². The number of nitrogens with zero attached hydrogens (tertiary/aromatic N) is 2. The van der Waals surface area contributed by atoms with Crippen molar-refractivity contribution in [2.45, 2.75) is 26.1 Å². The first-order chi connectivity index (χ1) is 14.1. The van der Waals surface area contributed by atoms with E-state index in [9.17, 15) is 8.78 Å². The summed E-state index contributed by atoms with van der Waals surface area (Å²) in [7, 11) is 3.20. The van der Waals surface area contributed by atoms with E-state index in [0.717, 1.165) is 32.6 Å². The number of hydrogen-bond donors (Lipinski definition) is 2. The van der Waals surface area contributed by atoms with Crippen molar-refractivity contribution >= 4 is 17.3 Å². The van der Waals surface area contributed by atoms with Gasteiger partial charge in [-0.05, 0) is 41.6 Å². The van der Waals surface area contributed by atoms with E-state index >= 15 is 0 Å². The number of rotatable bonds is 8. The molecule has 2 aromatic rings. The minimum Gasteiger partial charge on any atom is -0.497 e. The summed E-state index contributed by atoms with van der Waals surface area (Å²) < 4.78 is 35.1. The van der Waals surface area contributed by atoms with Crippen LogP contribution in [0.3, 0.4) is 0 Å². The van der Waals surface area contributed by atoms with Gasteiger partial charge in [-0.3, -0.25) is 9.89 Å². The molecular formula is C20H26F2N4O2S. The second kappa shape index (κ2) is 10.4. The van der Waals surface area contributed by atoms with E-state index in [1.54, 1.807) is 19.2 Å². The molecule has 1 aromatic heterocycles. The van der Waals surface area contributed by atoms with Crippen molar-refractivity contribution in [3.63, 3.8) is 0 Å². The Balaban J connectivity index is 1.49. The van der Waals surface area contributed by atoms with Crippen molar-refractivity contribution in [3.05, 3.63) is 45.6 Å². The third-order valence-corrected chi connectivity index (χ3v) is 5.78. The fourth-order valence-electron chi connectivity index (χ4n) is 3.26. The fourth-order valence-corrected chi connectivity index (χ4v) is 4.15. The summed E-state index contributed by atoms with van der Waals surface area (Å²) >= 11 is 1.83. The lowest BCUT2D eigenvalue weighted by Gasteiger charge is -2.27. The summed E-state index contributed by atoms with van der Waals surface area (Å²) in [6.07, 6.45) is 1.10. The summed E-state index contributed by atoms with van der Waals surface area (Å²) in [6.45, 7) is 1.06. The lowest BCUT2D eigenvalue weighted by Crippen LogP contribution is -2.42. The Labute approximate surface area is 173 Å². The molecule has 1 aliphatic heterocycles. The second-order valence-electron chi connectivity index (χ2n) is 6.60. The number of hydrogen-bond acceptors (Lipinski definition) is 5. The van der Waals surface area contributed by atoms with Crippen LogP contribution in [-0.2, 0) is 19.5 Å². The highest BCUT2D eigenvalue weighted by Crippen LogP contribution is 2.26. The lowest BCUT2D eigenvalue weighted by atomic mass is 10.1. The minimum absolute atomic E-state index is 0.114. The number of benzene rings is 1. The van der Waals surface area contributed by atoms with E-state index in [0.29, 0.717) is 17.3 Å². The Kier molecular flexibility index (Phi) is 7.65. The highest BCUT2D eigenvalue weighted by atomic mass is 32.1. The van der Waals surface area contributed by atoms with Gasteiger partial charge >= 0.3 is 6.61 Å². The lowest BCUT2D eigenvalue weighted by molar-refractivity contribution is -0.0504. The van der Waals surface area contributed by atoms with Crippen molar-refractivity contribution in [3.8, 4) is 11.5 Å². The van der Waals surface area contributed by atoms with Crippen molar-refractivity contribution in [2.75, 3.05) is 33.8 Å². The molecule has 3 rings (SSSR count). The van der Waals surface area contributed by atoms with Crippen LogP contribution in [0.4, 0.5) is 8.78 Å². The Morgan fingerprint density at radius 1 is 1.31 bits per heavy atom. The van der Waals surface area contributed by atoms with Crippen molar-refractivity contribution in [1.82, 2.24) is 15.5 Å². The third-order valence-electron chi connectivity index (χ3n) is 4.76. The zero-order valence-electron chi connectivity index (χ0n) is 16.6. The molecule has 0 saturated heterocycles. The topological polar surface area (TPSA) is 58.1 Å². The predicted octanol–water partition coefficient (Wildman–Crippen LogP) is 3.08. The van der Waals surface area contributed by atoms with E-state index in [2.05, 4.69) is 36.7 Å². The molecule has 0 bridgehead atoms. The van der Waals surface area contributed by atoms with Gasteiger partial charge in [0.1, 0.15) is 11.5 Å². The van der Waals surface area contributed by atoms with Crippen LogP contribution in [-0.4, -0.2) is 51.3 Å². The monoisotopic (exact) mass is 424 g/mol. The van der Waals surface area contributed by atoms with Gasteiger partial charge in [0, 0.05) is 50.2 Å². The molecule has 0 amide bonds.